The van der Waals surface area contributed by atoms with Gasteiger partial charge < -0.3 is 10.0 Å². The van der Waals surface area contributed by atoms with Crippen LogP contribution in [0.5, 0.6) is 0 Å². The maximum Gasteiger partial charge on any atom is 0.117 e. The Morgan fingerprint density at radius 2 is 1.63 bits per heavy atom. The monoisotopic (exact) mass is 362 g/mol. The Morgan fingerprint density at radius 1 is 1.07 bits per heavy atom. The van der Waals surface area contributed by atoms with E-state index in [1.807, 2.05) is 67.4 Å². The van der Waals surface area contributed by atoms with Crippen LogP contribution in [0.1, 0.15) is 56.3 Å². The first-order valence-corrected chi connectivity index (χ1v) is 9.71. The van der Waals surface area contributed by atoms with Gasteiger partial charge in [0, 0.05) is 13.0 Å². The zero-order valence-electron chi connectivity index (χ0n) is 16.5. The predicted octanol–water partition coefficient (Wildman–Crippen LogP) is 5.42. The van der Waals surface area contributed by atoms with Gasteiger partial charge in [0.05, 0.1) is 12.1 Å². The summed E-state index contributed by atoms with van der Waals surface area (Å²) in [6, 6.07) is 22.1. The minimum atomic E-state index is -0.654. The molecule has 0 spiro atoms. The van der Waals surface area contributed by atoms with Crippen molar-refractivity contribution in [2.45, 2.75) is 51.2 Å². The van der Waals surface area contributed by atoms with Crippen molar-refractivity contribution in [3.05, 3.63) is 83.6 Å². The maximum absolute atomic E-state index is 10.7. The highest BCUT2D eigenvalue weighted by molar-refractivity contribution is 5.30. The molecule has 0 saturated carbocycles. The number of aliphatic hydroxyl groups is 1. The fourth-order valence-corrected chi connectivity index (χ4v) is 3.25. The van der Waals surface area contributed by atoms with Gasteiger partial charge in [0.15, 0.2) is 0 Å². The molecule has 3 unspecified atom stereocenters. The highest BCUT2D eigenvalue weighted by Crippen LogP contribution is 2.28. The number of nitrogens with zero attached hydrogens (tertiary/aromatic N) is 2. The molecule has 2 aromatic rings. The number of aliphatic hydroxyl groups excluding tert-OH is 1. The van der Waals surface area contributed by atoms with Crippen molar-refractivity contribution in [3.63, 3.8) is 0 Å². The summed E-state index contributed by atoms with van der Waals surface area (Å²) in [6.07, 6.45) is 4.64. The Kier molecular flexibility index (Phi) is 8.10. The molecule has 3 nitrogen and oxygen atoms in total. The smallest absolute Gasteiger partial charge is 0.117 e. The summed E-state index contributed by atoms with van der Waals surface area (Å²) in [5, 5.41) is 20.5. The van der Waals surface area contributed by atoms with Gasteiger partial charge in [-0.05, 0) is 30.5 Å². The minimum Gasteiger partial charge on any atom is -0.386 e. The Hall–Kier alpha value is -2.57. The minimum absolute atomic E-state index is 0.198. The van der Waals surface area contributed by atoms with Crippen molar-refractivity contribution in [2.75, 3.05) is 7.05 Å². The number of likely N-dealkylation sites (N-methyl/N-ethyl adjacent to an activating group) is 1. The molecule has 0 aliphatic carbocycles. The summed E-state index contributed by atoms with van der Waals surface area (Å²) in [5.74, 6) is 0.198. The van der Waals surface area contributed by atoms with E-state index in [1.54, 1.807) is 0 Å². The number of rotatable bonds is 9. The van der Waals surface area contributed by atoms with Gasteiger partial charge in [-0.2, -0.15) is 5.26 Å². The molecule has 27 heavy (non-hydrogen) atoms. The molecule has 0 amide bonds. The van der Waals surface area contributed by atoms with Gasteiger partial charge in [0.2, 0.25) is 0 Å². The summed E-state index contributed by atoms with van der Waals surface area (Å²) in [6.45, 7) is 4.13. The number of benzene rings is 2. The van der Waals surface area contributed by atoms with E-state index in [0.717, 1.165) is 24.8 Å². The van der Waals surface area contributed by atoms with E-state index >= 15 is 0 Å². The second-order valence-corrected chi connectivity index (χ2v) is 7.03. The van der Waals surface area contributed by atoms with Crippen molar-refractivity contribution in [2.24, 2.45) is 0 Å². The summed E-state index contributed by atoms with van der Waals surface area (Å²) in [7, 11) is 1.88. The molecule has 0 aliphatic heterocycles. The van der Waals surface area contributed by atoms with Gasteiger partial charge in [0.25, 0.3) is 0 Å². The standard InChI is InChI=1S/C24H30N2O/c1-4-5-12-22(20-13-8-6-9-14-20)17-23(18-25)26(3)19(2)24(27)21-15-10-7-11-16-21/h6-11,13-17,19,22,24,27H,4-5,12H2,1-3H3/b23-17+. The van der Waals surface area contributed by atoms with E-state index in [9.17, 15) is 10.4 Å². The lowest BCUT2D eigenvalue weighted by Gasteiger charge is -2.31. The molecular formula is C24H30N2O. The third-order valence-corrected chi connectivity index (χ3v) is 5.16. The Labute approximate surface area is 163 Å². The van der Waals surface area contributed by atoms with Crippen molar-refractivity contribution in [1.29, 1.82) is 5.26 Å². The van der Waals surface area contributed by atoms with Crippen LogP contribution in [0.25, 0.3) is 0 Å². The van der Waals surface area contributed by atoms with Crippen LogP contribution >= 0.6 is 0 Å². The molecule has 0 heterocycles. The van der Waals surface area contributed by atoms with Crippen molar-refractivity contribution in [1.82, 2.24) is 4.90 Å². The van der Waals surface area contributed by atoms with Gasteiger partial charge in [-0.25, -0.2) is 0 Å². The predicted molar refractivity (Wildman–Crippen MR) is 111 cm³/mol. The molecule has 142 valence electrons. The van der Waals surface area contributed by atoms with Crippen LogP contribution in [-0.2, 0) is 0 Å². The molecule has 1 N–H and O–H groups in total. The van der Waals surface area contributed by atoms with E-state index in [0.29, 0.717) is 5.70 Å². The first-order valence-electron chi connectivity index (χ1n) is 9.71. The second kappa shape index (κ2) is 10.5. The average Bonchev–Trinajstić information content (AvgIpc) is 2.73. The SMILES string of the molecule is CCCCC(/C=C(\C#N)N(C)C(C)C(O)c1ccccc1)c1ccccc1. The largest absolute Gasteiger partial charge is 0.386 e. The molecule has 2 aromatic carbocycles. The Balaban J connectivity index is 2.24. The van der Waals surface area contributed by atoms with Gasteiger partial charge in [-0.15, -0.1) is 0 Å². The van der Waals surface area contributed by atoms with Crippen LogP contribution in [0.3, 0.4) is 0 Å². The molecule has 3 atom stereocenters. The third kappa shape index (κ3) is 5.70. The topological polar surface area (TPSA) is 47.3 Å². The molecule has 0 fully saturated rings. The zero-order valence-corrected chi connectivity index (χ0v) is 16.5. The van der Waals surface area contributed by atoms with Crippen molar-refractivity contribution < 1.29 is 5.11 Å². The van der Waals surface area contributed by atoms with Gasteiger partial charge >= 0.3 is 0 Å². The van der Waals surface area contributed by atoms with Crippen molar-refractivity contribution in [3.8, 4) is 6.07 Å². The first-order chi connectivity index (χ1) is 13.1. The average molecular weight is 363 g/mol. The van der Waals surface area contributed by atoms with Crippen LogP contribution in [0, 0.1) is 11.3 Å². The molecule has 0 saturated heterocycles. The molecule has 0 bridgehead atoms. The second-order valence-electron chi connectivity index (χ2n) is 7.03. The summed E-state index contributed by atoms with van der Waals surface area (Å²) >= 11 is 0. The fourth-order valence-electron chi connectivity index (χ4n) is 3.25. The lowest BCUT2D eigenvalue weighted by atomic mass is 9.92. The molecule has 0 aliphatic rings. The van der Waals surface area contributed by atoms with Gasteiger partial charge in [-0.3, -0.25) is 0 Å². The lowest BCUT2D eigenvalue weighted by molar-refractivity contribution is 0.0911. The lowest BCUT2D eigenvalue weighted by Crippen LogP contribution is -2.33. The van der Waals surface area contributed by atoms with Crippen LogP contribution < -0.4 is 0 Å². The fraction of sp³-hybridized carbons (Fsp3) is 0.375. The number of unbranched alkanes of at least 4 members (excludes halogenated alkanes) is 1. The highest BCUT2D eigenvalue weighted by atomic mass is 16.3. The number of hydrogen-bond acceptors (Lipinski definition) is 3. The van der Waals surface area contributed by atoms with E-state index in [1.165, 1.54) is 5.56 Å². The molecule has 3 heteroatoms. The number of hydrogen-bond donors (Lipinski definition) is 1. The van der Waals surface area contributed by atoms with E-state index in [-0.39, 0.29) is 12.0 Å². The van der Waals surface area contributed by atoms with Crippen LogP contribution in [0.15, 0.2) is 72.4 Å². The van der Waals surface area contributed by atoms with Gasteiger partial charge in [0.1, 0.15) is 11.8 Å². The summed E-state index contributed by atoms with van der Waals surface area (Å²) < 4.78 is 0. The zero-order chi connectivity index (χ0) is 19.6. The Morgan fingerprint density at radius 3 is 2.15 bits per heavy atom. The first kappa shape index (κ1) is 20.7. The van der Waals surface area contributed by atoms with E-state index in [4.69, 9.17) is 0 Å². The third-order valence-electron chi connectivity index (χ3n) is 5.16. The quantitative estimate of drug-likeness (QED) is 0.606. The maximum atomic E-state index is 10.7. The molecule has 0 aromatic heterocycles. The highest BCUT2D eigenvalue weighted by Gasteiger charge is 2.23. The van der Waals surface area contributed by atoms with Gasteiger partial charge in [-0.1, -0.05) is 80.4 Å². The molecule has 0 radical (unpaired) electrons. The summed E-state index contributed by atoms with van der Waals surface area (Å²) in [4.78, 5) is 1.89. The van der Waals surface area contributed by atoms with E-state index in [2.05, 4.69) is 31.2 Å². The molecular weight excluding hydrogens is 332 g/mol. The number of nitriles is 1. The van der Waals surface area contributed by atoms with Crippen molar-refractivity contribution >= 4 is 0 Å². The Bertz CT molecular complexity index is 749. The molecule has 2 rings (SSSR count). The van der Waals surface area contributed by atoms with Crippen LogP contribution in [-0.4, -0.2) is 23.1 Å². The summed E-state index contributed by atoms with van der Waals surface area (Å²) in [5.41, 5.74) is 2.69. The van der Waals surface area contributed by atoms with E-state index < -0.39 is 6.10 Å². The number of allylic oxidation sites excluding steroid dienone is 2. The van der Waals surface area contributed by atoms with Crippen LogP contribution in [0.4, 0.5) is 0 Å². The van der Waals surface area contributed by atoms with Crippen LogP contribution in [0.2, 0.25) is 0 Å². The normalized spacial score (nSPS) is 14.9.